The van der Waals surface area contributed by atoms with Crippen molar-refractivity contribution < 1.29 is 9.59 Å². The first kappa shape index (κ1) is 18.1. The highest BCUT2D eigenvalue weighted by atomic mass is 35.5. The smallest absolute Gasteiger partial charge is 0.234 e. The molecule has 0 aliphatic heterocycles. The molecule has 0 aromatic heterocycles. The molecule has 4 nitrogen and oxygen atoms in total. The van der Waals surface area contributed by atoms with E-state index in [1.54, 1.807) is 24.3 Å². The van der Waals surface area contributed by atoms with E-state index in [4.69, 9.17) is 11.6 Å². The van der Waals surface area contributed by atoms with E-state index < -0.39 is 0 Å². The summed E-state index contributed by atoms with van der Waals surface area (Å²) in [6, 6.07) is 7.25. The summed E-state index contributed by atoms with van der Waals surface area (Å²) in [5, 5.41) is 6.50. The lowest BCUT2D eigenvalue weighted by atomic mass is 9.86. The van der Waals surface area contributed by atoms with Crippen molar-refractivity contribution in [2.45, 2.75) is 38.6 Å². The zero-order valence-corrected chi connectivity index (χ0v) is 14.9. The summed E-state index contributed by atoms with van der Waals surface area (Å²) in [5.41, 5.74) is 0.709. The summed E-state index contributed by atoms with van der Waals surface area (Å²) in [7, 11) is 0. The molecule has 23 heavy (non-hydrogen) atoms. The molecule has 1 aromatic rings. The Labute approximate surface area is 146 Å². The molecule has 0 spiro atoms. The van der Waals surface area contributed by atoms with Gasteiger partial charge in [-0.1, -0.05) is 31.4 Å². The van der Waals surface area contributed by atoms with Gasteiger partial charge in [-0.25, -0.2) is 0 Å². The van der Waals surface area contributed by atoms with Crippen LogP contribution in [0.4, 0.5) is 5.69 Å². The number of carbonyl (C=O) groups is 2. The Bertz CT molecular complexity index is 536. The Morgan fingerprint density at radius 2 is 1.78 bits per heavy atom. The molecule has 2 rings (SSSR count). The molecule has 0 bridgehead atoms. The SMILES string of the molecule is C[C@H]1CCCC[C@@H]1NC(=O)CSCC(=O)Nc1ccc(Cl)cc1. The molecular formula is C17H23ClN2O2S. The number of hydrogen-bond acceptors (Lipinski definition) is 3. The van der Waals surface area contributed by atoms with Crippen molar-refractivity contribution in [3.8, 4) is 0 Å². The van der Waals surface area contributed by atoms with E-state index in [1.807, 2.05) is 0 Å². The summed E-state index contributed by atoms with van der Waals surface area (Å²) < 4.78 is 0. The standard InChI is InChI=1S/C17H23ClN2O2S/c1-12-4-2-3-5-15(12)20-17(22)11-23-10-16(21)19-14-8-6-13(18)7-9-14/h6-9,12,15H,2-5,10-11H2,1H3,(H,19,21)(H,20,22)/t12-,15-/m0/s1. The van der Waals surface area contributed by atoms with Gasteiger partial charge < -0.3 is 10.6 Å². The number of halogens is 1. The zero-order valence-electron chi connectivity index (χ0n) is 13.3. The maximum Gasteiger partial charge on any atom is 0.234 e. The van der Waals surface area contributed by atoms with Gasteiger partial charge in [-0.2, -0.15) is 0 Å². The van der Waals surface area contributed by atoms with Crippen molar-refractivity contribution in [1.82, 2.24) is 5.32 Å². The first-order valence-electron chi connectivity index (χ1n) is 7.97. The second kappa shape index (κ2) is 9.18. The number of amides is 2. The average Bonchev–Trinajstić information content (AvgIpc) is 2.52. The highest BCUT2D eigenvalue weighted by Gasteiger charge is 2.22. The van der Waals surface area contributed by atoms with E-state index in [0.717, 1.165) is 6.42 Å². The number of anilines is 1. The van der Waals surface area contributed by atoms with E-state index in [2.05, 4.69) is 17.6 Å². The third kappa shape index (κ3) is 6.43. The summed E-state index contributed by atoms with van der Waals surface area (Å²) >= 11 is 7.13. The first-order chi connectivity index (χ1) is 11.0. The van der Waals surface area contributed by atoms with Crippen LogP contribution in [0.15, 0.2) is 24.3 Å². The van der Waals surface area contributed by atoms with Crippen LogP contribution in [-0.2, 0) is 9.59 Å². The van der Waals surface area contributed by atoms with Gasteiger partial charge in [0.05, 0.1) is 11.5 Å². The minimum absolute atomic E-state index is 0.0213. The van der Waals surface area contributed by atoms with Crippen LogP contribution in [0.2, 0.25) is 5.02 Å². The molecule has 1 aromatic carbocycles. The maximum absolute atomic E-state index is 12.0. The Morgan fingerprint density at radius 1 is 1.13 bits per heavy atom. The molecule has 0 saturated heterocycles. The highest BCUT2D eigenvalue weighted by Crippen LogP contribution is 2.23. The molecule has 1 aliphatic rings. The molecule has 2 N–H and O–H groups in total. The zero-order chi connectivity index (χ0) is 16.7. The quantitative estimate of drug-likeness (QED) is 0.818. The van der Waals surface area contributed by atoms with Gasteiger partial charge in [0.15, 0.2) is 0 Å². The van der Waals surface area contributed by atoms with Gasteiger partial charge in [0.1, 0.15) is 0 Å². The minimum atomic E-state index is -0.115. The predicted octanol–water partition coefficient (Wildman–Crippen LogP) is 3.71. The number of hydrogen-bond donors (Lipinski definition) is 2. The number of thioether (sulfide) groups is 1. The second-order valence-electron chi connectivity index (χ2n) is 5.98. The van der Waals surface area contributed by atoms with E-state index in [9.17, 15) is 9.59 Å². The largest absolute Gasteiger partial charge is 0.352 e. The maximum atomic E-state index is 12.0. The monoisotopic (exact) mass is 354 g/mol. The van der Waals surface area contributed by atoms with Crippen molar-refractivity contribution >= 4 is 40.9 Å². The van der Waals surface area contributed by atoms with E-state index in [0.29, 0.717) is 28.4 Å². The van der Waals surface area contributed by atoms with Gasteiger partial charge in [0, 0.05) is 16.8 Å². The Hall–Kier alpha value is -1.20. The Morgan fingerprint density at radius 3 is 2.48 bits per heavy atom. The van der Waals surface area contributed by atoms with Crippen LogP contribution >= 0.6 is 23.4 Å². The third-order valence-corrected chi connectivity index (χ3v) is 5.24. The lowest BCUT2D eigenvalue weighted by Crippen LogP contribution is -2.42. The number of nitrogens with one attached hydrogen (secondary N) is 2. The van der Waals surface area contributed by atoms with E-state index in [-0.39, 0.29) is 17.6 Å². The number of rotatable bonds is 6. The number of carbonyl (C=O) groups excluding carboxylic acids is 2. The summed E-state index contributed by atoms with van der Waals surface area (Å²) in [6.45, 7) is 2.19. The normalized spacial score (nSPS) is 20.8. The summed E-state index contributed by atoms with van der Waals surface area (Å²) in [6.07, 6.45) is 4.69. The van der Waals surface area contributed by atoms with E-state index >= 15 is 0 Å². The van der Waals surface area contributed by atoms with Crippen molar-refractivity contribution in [2.24, 2.45) is 5.92 Å². The second-order valence-corrected chi connectivity index (χ2v) is 7.41. The molecule has 2 amide bonds. The Balaban J connectivity index is 1.64. The molecular weight excluding hydrogens is 332 g/mol. The fourth-order valence-electron chi connectivity index (χ4n) is 2.75. The van der Waals surface area contributed by atoms with Crippen molar-refractivity contribution in [3.05, 3.63) is 29.3 Å². The molecule has 0 heterocycles. The van der Waals surface area contributed by atoms with Crippen LogP contribution in [0, 0.1) is 5.92 Å². The molecule has 0 unspecified atom stereocenters. The first-order valence-corrected chi connectivity index (χ1v) is 9.50. The third-order valence-electron chi connectivity index (χ3n) is 4.05. The molecule has 6 heteroatoms. The minimum Gasteiger partial charge on any atom is -0.352 e. The fraction of sp³-hybridized carbons (Fsp3) is 0.529. The molecule has 0 radical (unpaired) electrons. The van der Waals surface area contributed by atoms with Crippen molar-refractivity contribution in [3.63, 3.8) is 0 Å². The van der Waals surface area contributed by atoms with Gasteiger partial charge >= 0.3 is 0 Å². The van der Waals surface area contributed by atoms with Crippen LogP contribution in [0.1, 0.15) is 32.6 Å². The predicted molar refractivity (Wildman–Crippen MR) is 97.0 cm³/mol. The fourth-order valence-corrected chi connectivity index (χ4v) is 3.50. The van der Waals surface area contributed by atoms with Crippen molar-refractivity contribution in [1.29, 1.82) is 0 Å². The molecule has 1 aliphatic carbocycles. The average molecular weight is 355 g/mol. The van der Waals surface area contributed by atoms with Crippen molar-refractivity contribution in [2.75, 3.05) is 16.8 Å². The van der Waals surface area contributed by atoms with Gasteiger partial charge in [-0.15, -0.1) is 11.8 Å². The van der Waals surface area contributed by atoms with Crippen LogP contribution in [-0.4, -0.2) is 29.4 Å². The molecule has 126 valence electrons. The topological polar surface area (TPSA) is 58.2 Å². The number of benzene rings is 1. The van der Waals surface area contributed by atoms with Crippen LogP contribution in [0.3, 0.4) is 0 Å². The van der Waals surface area contributed by atoms with Gasteiger partial charge in [0.2, 0.25) is 11.8 Å². The van der Waals surface area contributed by atoms with Gasteiger partial charge in [-0.05, 0) is 43.0 Å². The van der Waals surface area contributed by atoms with Crippen LogP contribution in [0.5, 0.6) is 0 Å². The van der Waals surface area contributed by atoms with Gasteiger partial charge in [0.25, 0.3) is 0 Å². The summed E-state index contributed by atoms with van der Waals surface area (Å²) in [4.78, 5) is 23.8. The molecule has 2 atom stereocenters. The van der Waals surface area contributed by atoms with Crippen LogP contribution < -0.4 is 10.6 Å². The Kier molecular flexibility index (Phi) is 7.24. The van der Waals surface area contributed by atoms with E-state index in [1.165, 1.54) is 31.0 Å². The lowest BCUT2D eigenvalue weighted by Gasteiger charge is -2.29. The van der Waals surface area contributed by atoms with Crippen LogP contribution in [0.25, 0.3) is 0 Å². The lowest BCUT2D eigenvalue weighted by molar-refractivity contribution is -0.119. The summed E-state index contributed by atoms with van der Waals surface area (Å²) in [5.74, 6) is 1.03. The van der Waals surface area contributed by atoms with Gasteiger partial charge in [-0.3, -0.25) is 9.59 Å². The molecule has 1 fully saturated rings. The highest BCUT2D eigenvalue weighted by molar-refractivity contribution is 8.00. The molecule has 1 saturated carbocycles.